The van der Waals surface area contributed by atoms with E-state index in [0.717, 1.165) is 43.2 Å². The highest BCUT2D eigenvalue weighted by Gasteiger charge is 2.44. The molecule has 2 aliphatic rings. The van der Waals surface area contributed by atoms with E-state index < -0.39 is 0 Å². The number of hydrogen-bond acceptors (Lipinski definition) is 3. The molecule has 2 fully saturated rings. The second-order valence-corrected chi connectivity index (χ2v) is 7.77. The van der Waals surface area contributed by atoms with Gasteiger partial charge in [0.05, 0.1) is 12.7 Å². The summed E-state index contributed by atoms with van der Waals surface area (Å²) in [5, 5.41) is 6.90. The van der Waals surface area contributed by atoms with E-state index >= 15 is 0 Å². The van der Waals surface area contributed by atoms with Gasteiger partial charge in [-0.05, 0) is 37.6 Å². The van der Waals surface area contributed by atoms with Crippen molar-refractivity contribution in [3.05, 3.63) is 34.3 Å². The SMILES string of the molecule is CN=C(NCC1CN(C)CCO1)NCC1(c2cccc(Br)c2)CC1.I. The van der Waals surface area contributed by atoms with E-state index in [0.29, 0.717) is 0 Å². The molecule has 5 nitrogen and oxygen atoms in total. The smallest absolute Gasteiger partial charge is 0.191 e. The van der Waals surface area contributed by atoms with Gasteiger partial charge in [-0.2, -0.15) is 0 Å². The molecule has 2 N–H and O–H groups in total. The van der Waals surface area contributed by atoms with Crippen LogP contribution in [-0.2, 0) is 10.2 Å². The van der Waals surface area contributed by atoms with Crippen molar-refractivity contribution in [3.63, 3.8) is 0 Å². The Morgan fingerprint density at radius 1 is 1.40 bits per heavy atom. The lowest BCUT2D eigenvalue weighted by Crippen LogP contribution is -2.49. The highest BCUT2D eigenvalue weighted by Crippen LogP contribution is 2.48. The zero-order chi connectivity index (χ0) is 17.0. The second-order valence-electron chi connectivity index (χ2n) is 6.85. The Balaban J connectivity index is 0.00000225. The Kier molecular flexibility index (Phi) is 7.97. The van der Waals surface area contributed by atoms with Crippen molar-refractivity contribution in [2.45, 2.75) is 24.4 Å². The third-order valence-corrected chi connectivity index (χ3v) is 5.44. The van der Waals surface area contributed by atoms with Crippen LogP contribution in [0.4, 0.5) is 0 Å². The molecule has 0 spiro atoms. The molecule has 1 aromatic rings. The maximum Gasteiger partial charge on any atom is 0.191 e. The largest absolute Gasteiger partial charge is 0.374 e. The average Bonchev–Trinajstić information content (AvgIpc) is 3.36. The van der Waals surface area contributed by atoms with Gasteiger partial charge in [0.25, 0.3) is 0 Å². The van der Waals surface area contributed by atoms with E-state index in [-0.39, 0.29) is 35.5 Å². The number of aliphatic imine (C=N–C) groups is 1. The minimum Gasteiger partial charge on any atom is -0.374 e. The van der Waals surface area contributed by atoms with Crippen LogP contribution in [0.1, 0.15) is 18.4 Å². The van der Waals surface area contributed by atoms with Gasteiger partial charge in [-0.15, -0.1) is 24.0 Å². The van der Waals surface area contributed by atoms with E-state index in [4.69, 9.17) is 4.74 Å². The molecule has 1 saturated carbocycles. The molecule has 1 unspecified atom stereocenters. The molecule has 0 aromatic heterocycles. The third kappa shape index (κ3) is 5.80. The summed E-state index contributed by atoms with van der Waals surface area (Å²) in [6, 6.07) is 8.65. The number of benzene rings is 1. The molecule has 1 aliphatic carbocycles. The van der Waals surface area contributed by atoms with Crippen LogP contribution in [0.5, 0.6) is 0 Å². The molecular formula is C18H28BrIN4O. The first-order valence-corrected chi connectivity index (χ1v) is 9.41. The molecule has 1 aliphatic heterocycles. The molecule has 7 heteroatoms. The van der Waals surface area contributed by atoms with Crippen LogP contribution in [0.15, 0.2) is 33.7 Å². The number of morpholine rings is 1. The molecule has 140 valence electrons. The second kappa shape index (κ2) is 9.53. The van der Waals surface area contributed by atoms with E-state index in [1.165, 1.54) is 18.4 Å². The van der Waals surface area contributed by atoms with E-state index in [9.17, 15) is 0 Å². The van der Waals surface area contributed by atoms with Gasteiger partial charge in [-0.25, -0.2) is 0 Å². The van der Waals surface area contributed by atoms with Crippen LogP contribution in [0, 0.1) is 0 Å². The molecule has 25 heavy (non-hydrogen) atoms. The van der Waals surface area contributed by atoms with Crippen molar-refractivity contribution < 1.29 is 4.74 Å². The Labute approximate surface area is 176 Å². The summed E-state index contributed by atoms with van der Waals surface area (Å²) in [5.74, 6) is 0.855. The average molecular weight is 523 g/mol. The highest BCUT2D eigenvalue weighted by atomic mass is 127. The summed E-state index contributed by atoms with van der Waals surface area (Å²) < 4.78 is 6.94. The zero-order valence-electron chi connectivity index (χ0n) is 14.9. The lowest BCUT2D eigenvalue weighted by Gasteiger charge is -2.30. The number of guanidine groups is 1. The fourth-order valence-electron chi connectivity index (χ4n) is 3.21. The summed E-state index contributed by atoms with van der Waals surface area (Å²) in [7, 11) is 3.96. The van der Waals surface area contributed by atoms with Gasteiger partial charge in [0.1, 0.15) is 0 Å². The predicted molar refractivity (Wildman–Crippen MR) is 117 cm³/mol. The molecule has 0 amide bonds. The van der Waals surface area contributed by atoms with Gasteiger partial charge >= 0.3 is 0 Å². The van der Waals surface area contributed by atoms with Crippen LogP contribution in [0.25, 0.3) is 0 Å². The van der Waals surface area contributed by atoms with Crippen LogP contribution < -0.4 is 10.6 Å². The Morgan fingerprint density at radius 3 is 2.84 bits per heavy atom. The number of ether oxygens (including phenoxy) is 1. The summed E-state index contributed by atoms with van der Waals surface area (Å²) in [6.07, 6.45) is 2.68. The minimum atomic E-state index is 0. The molecule has 1 saturated heterocycles. The van der Waals surface area contributed by atoms with Gasteiger partial charge < -0.3 is 20.3 Å². The number of likely N-dealkylation sites (N-methyl/N-ethyl adjacent to an activating group) is 1. The van der Waals surface area contributed by atoms with Crippen LogP contribution >= 0.6 is 39.9 Å². The van der Waals surface area contributed by atoms with Crippen molar-refractivity contribution in [1.82, 2.24) is 15.5 Å². The maximum atomic E-state index is 5.79. The lowest BCUT2D eigenvalue weighted by molar-refractivity contribution is -0.0161. The number of hydrogen-bond donors (Lipinski definition) is 2. The Bertz CT molecular complexity index is 594. The summed E-state index contributed by atoms with van der Waals surface area (Å²) in [6.45, 7) is 4.48. The van der Waals surface area contributed by atoms with Gasteiger partial charge in [-0.1, -0.05) is 28.1 Å². The Morgan fingerprint density at radius 2 is 2.20 bits per heavy atom. The zero-order valence-corrected chi connectivity index (χ0v) is 18.8. The molecule has 0 radical (unpaired) electrons. The lowest BCUT2D eigenvalue weighted by atomic mass is 9.96. The van der Waals surface area contributed by atoms with Crippen molar-refractivity contribution in [3.8, 4) is 0 Å². The number of halogens is 2. The standard InChI is InChI=1S/C18H27BrN4O.HI/c1-20-17(21-11-16-12-23(2)8-9-24-16)22-13-18(6-7-18)14-4-3-5-15(19)10-14;/h3-5,10,16H,6-9,11-13H2,1-2H3,(H2,20,21,22);1H. The summed E-state index contributed by atoms with van der Waals surface area (Å²) >= 11 is 3.58. The molecule has 0 bridgehead atoms. The number of rotatable bonds is 5. The molecule has 3 rings (SSSR count). The van der Waals surface area contributed by atoms with Crippen LogP contribution in [-0.4, -0.2) is 63.8 Å². The monoisotopic (exact) mass is 522 g/mol. The van der Waals surface area contributed by atoms with Crippen molar-refractivity contribution >= 4 is 45.9 Å². The predicted octanol–water partition coefficient (Wildman–Crippen LogP) is 2.59. The summed E-state index contributed by atoms with van der Waals surface area (Å²) in [4.78, 5) is 6.65. The normalized spacial score (nSPS) is 22.8. The molecular weight excluding hydrogens is 495 g/mol. The molecule has 1 atom stereocenters. The van der Waals surface area contributed by atoms with Crippen molar-refractivity contribution in [1.29, 1.82) is 0 Å². The quantitative estimate of drug-likeness (QED) is 0.354. The fourth-order valence-corrected chi connectivity index (χ4v) is 3.61. The summed E-state index contributed by atoms with van der Waals surface area (Å²) in [5.41, 5.74) is 1.65. The topological polar surface area (TPSA) is 48.9 Å². The first kappa shape index (κ1) is 20.9. The molecule has 1 heterocycles. The first-order chi connectivity index (χ1) is 11.6. The van der Waals surface area contributed by atoms with Gasteiger partial charge in [0.15, 0.2) is 5.96 Å². The van der Waals surface area contributed by atoms with Crippen LogP contribution in [0.2, 0.25) is 0 Å². The minimum absolute atomic E-state index is 0. The van der Waals surface area contributed by atoms with E-state index in [2.05, 4.69) is 67.8 Å². The third-order valence-electron chi connectivity index (χ3n) is 4.95. The number of nitrogens with zero attached hydrogens (tertiary/aromatic N) is 2. The first-order valence-electron chi connectivity index (χ1n) is 8.62. The van der Waals surface area contributed by atoms with Gasteiger partial charge in [0.2, 0.25) is 0 Å². The fraction of sp³-hybridized carbons (Fsp3) is 0.611. The van der Waals surface area contributed by atoms with Crippen molar-refractivity contribution in [2.75, 3.05) is 46.9 Å². The van der Waals surface area contributed by atoms with E-state index in [1.54, 1.807) is 0 Å². The van der Waals surface area contributed by atoms with Crippen LogP contribution in [0.3, 0.4) is 0 Å². The highest BCUT2D eigenvalue weighted by molar-refractivity contribution is 14.0. The van der Waals surface area contributed by atoms with E-state index in [1.807, 2.05) is 7.05 Å². The Hall–Kier alpha value is -0.380. The number of nitrogens with one attached hydrogen (secondary N) is 2. The van der Waals surface area contributed by atoms with Gasteiger partial charge in [0, 0.05) is 43.1 Å². The van der Waals surface area contributed by atoms with Gasteiger partial charge in [-0.3, -0.25) is 4.99 Å². The van der Waals surface area contributed by atoms with Crippen molar-refractivity contribution in [2.24, 2.45) is 4.99 Å². The molecule has 1 aromatic carbocycles. The maximum absolute atomic E-state index is 5.79.